The Morgan fingerprint density at radius 1 is 1.78 bits per heavy atom. The third-order valence-corrected chi connectivity index (χ3v) is 0.925. The summed E-state index contributed by atoms with van der Waals surface area (Å²) >= 11 is 0. The first-order valence-electron chi connectivity index (χ1n) is 2.71. The SMILES string of the molecule is C=C[CH]c1coc(C)n1. The molecule has 9 heavy (non-hydrogen) atoms. The standard InChI is InChI=1S/C7H8NO/c1-3-4-7-5-9-6(2)8-7/h3-5H,1H2,2H3. The smallest absolute Gasteiger partial charge is 0.191 e. The molecule has 0 unspecified atom stereocenters. The zero-order chi connectivity index (χ0) is 6.69. The minimum atomic E-state index is 0.683. The molecule has 0 atom stereocenters. The van der Waals surface area contributed by atoms with E-state index in [2.05, 4.69) is 11.6 Å². The number of aromatic nitrogens is 1. The van der Waals surface area contributed by atoms with Crippen LogP contribution >= 0.6 is 0 Å². The minimum Gasteiger partial charge on any atom is -0.449 e. The van der Waals surface area contributed by atoms with Crippen molar-refractivity contribution >= 4 is 0 Å². The summed E-state index contributed by atoms with van der Waals surface area (Å²) in [6.07, 6.45) is 5.06. The van der Waals surface area contributed by atoms with E-state index in [1.54, 1.807) is 25.7 Å². The molecule has 47 valence electrons. The van der Waals surface area contributed by atoms with Gasteiger partial charge in [-0.3, -0.25) is 0 Å². The lowest BCUT2D eigenvalue weighted by atomic mass is 10.3. The number of aryl methyl sites for hydroxylation is 1. The largest absolute Gasteiger partial charge is 0.449 e. The molecule has 0 bridgehead atoms. The number of hydrogen-bond donors (Lipinski definition) is 0. The molecule has 2 heteroatoms. The van der Waals surface area contributed by atoms with Crippen molar-refractivity contribution in [2.45, 2.75) is 6.92 Å². The first kappa shape index (κ1) is 6.08. The van der Waals surface area contributed by atoms with Crippen LogP contribution in [-0.2, 0) is 0 Å². The Hall–Kier alpha value is -1.05. The number of hydrogen-bond acceptors (Lipinski definition) is 2. The summed E-state index contributed by atoms with van der Waals surface area (Å²) in [5, 5.41) is 0. The van der Waals surface area contributed by atoms with Gasteiger partial charge in [-0.2, -0.15) is 0 Å². The molecule has 0 saturated carbocycles. The molecule has 0 fully saturated rings. The predicted octanol–water partition coefficient (Wildman–Crippen LogP) is 1.72. The van der Waals surface area contributed by atoms with Gasteiger partial charge in [0.15, 0.2) is 5.89 Å². The van der Waals surface area contributed by atoms with E-state index in [0.29, 0.717) is 5.89 Å². The van der Waals surface area contributed by atoms with Crippen molar-refractivity contribution in [1.82, 2.24) is 4.98 Å². The number of rotatable bonds is 2. The topological polar surface area (TPSA) is 26.0 Å². The van der Waals surface area contributed by atoms with E-state index in [-0.39, 0.29) is 0 Å². The maximum atomic E-state index is 4.93. The van der Waals surface area contributed by atoms with E-state index >= 15 is 0 Å². The van der Waals surface area contributed by atoms with Crippen LogP contribution in [0.1, 0.15) is 11.6 Å². The van der Waals surface area contributed by atoms with Gasteiger partial charge in [-0.25, -0.2) is 4.98 Å². The molecule has 0 aromatic carbocycles. The predicted molar refractivity (Wildman–Crippen MR) is 34.8 cm³/mol. The fourth-order valence-electron chi connectivity index (χ4n) is 0.577. The zero-order valence-electron chi connectivity index (χ0n) is 5.29. The van der Waals surface area contributed by atoms with E-state index in [0.717, 1.165) is 5.69 Å². The third kappa shape index (κ3) is 1.42. The molecule has 0 aliphatic carbocycles. The molecular formula is C7H8NO. The number of oxazole rings is 1. The Labute approximate surface area is 54.2 Å². The van der Waals surface area contributed by atoms with Gasteiger partial charge in [0.05, 0.1) is 5.69 Å². The lowest BCUT2D eigenvalue weighted by Gasteiger charge is -1.78. The average molecular weight is 122 g/mol. The molecule has 0 aliphatic heterocycles. The second-order valence-electron chi connectivity index (χ2n) is 1.69. The van der Waals surface area contributed by atoms with Gasteiger partial charge in [-0.15, -0.1) is 6.58 Å². The van der Waals surface area contributed by atoms with Gasteiger partial charge in [0.25, 0.3) is 0 Å². The highest BCUT2D eigenvalue weighted by molar-refractivity contribution is 5.14. The summed E-state index contributed by atoms with van der Waals surface area (Å²) in [6.45, 7) is 5.33. The van der Waals surface area contributed by atoms with Crippen LogP contribution in [0.15, 0.2) is 23.3 Å². The van der Waals surface area contributed by atoms with E-state index in [1.807, 2.05) is 0 Å². The monoisotopic (exact) mass is 122 g/mol. The Kier molecular flexibility index (Phi) is 1.68. The lowest BCUT2D eigenvalue weighted by molar-refractivity contribution is 0.521. The van der Waals surface area contributed by atoms with Crippen molar-refractivity contribution in [3.05, 3.63) is 36.9 Å². The van der Waals surface area contributed by atoms with Gasteiger partial charge in [0, 0.05) is 13.3 Å². The molecule has 2 nitrogen and oxygen atoms in total. The Bertz CT molecular complexity index is 202. The molecule has 1 radical (unpaired) electrons. The van der Waals surface area contributed by atoms with Gasteiger partial charge in [0.1, 0.15) is 6.26 Å². The molecule has 1 rings (SSSR count). The van der Waals surface area contributed by atoms with Crippen LogP contribution in [0.2, 0.25) is 0 Å². The second-order valence-corrected chi connectivity index (χ2v) is 1.69. The quantitative estimate of drug-likeness (QED) is 0.597. The van der Waals surface area contributed by atoms with Crippen molar-refractivity contribution < 1.29 is 4.42 Å². The van der Waals surface area contributed by atoms with Crippen LogP contribution in [0.25, 0.3) is 0 Å². The Morgan fingerprint density at radius 3 is 3.00 bits per heavy atom. The van der Waals surface area contributed by atoms with Crippen molar-refractivity contribution in [2.24, 2.45) is 0 Å². The summed E-state index contributed by atoms with van der Waals surface area (Å²) in [5.41, 5.74) is 0.822. The fraction of sp³-hybridized carbons (Fsp3) is 0.143. The number of nitrogens with zero attached hydrogens (tertiary/aromatic N) is 1. The molecule has 0 amide bonds. The molecule has 0 saturated heterocycles. The third-order valence-electron chi connectivity index (χ3n) is 0.925. The van der Waals surface area contributed by atoms with E-state index < -0.39 is 0 Å². The summed E-state index contributed by atoms with van der Waals surface area (Å²) in [4.78, 5) is 4.01. The Morgan fingerprint density at radius 2 is 2.56 bits per heavy atom. The molecule has 1 aromatic rings. The van der Waals surface area contributed by atoms with E-state index in [1.165, 1.54) is 0 Å². The zero-order valence-corrected chi connectivity index (χ0v) is 5.29. The average Bonchev–Trinajstić information content (AvgIpc) is 2.17. The summed E-state index contributed by atoms with van der Waals surface area (Å²) in [7, 11) is 0. The maximum absolute atomic E-state index is 4.93. The van der Waals surface area contributed by atoms with Gasteiger partial charge in [-0.1, -0.05) is 6.08 Å². The second kappa shape index (κ2) is 2.49. The van der Waals surface area contributed by atoms with Crippen LogP contribution in [0, 0.1) is 13.3 Å². The van der Waals surface area contributed by atoms with E-state index in [4.69, 9.17) is 4.42 Å². The van der Waals surface area contributed by atoms with Gasteiger partial charge < -0.3 is 4.42 Å². The molecule has 1 heterocycles. The molecule has 0 spiro atoms. The number of allylic oxidation sites excluding steroid dienone is 1. The van der Waals surface area contributed by atoms with Crippen LogP contribution in [0.3, 0.4) is 0 Å². The highest BCUT2D eigenvalue weighted by Crippen LogP contribution is 2.02. The van der Waals surface area contributed by atoms with Crippen LogP contribution < -0.4 is 0 Å². The van der Waals surface area contributed by atoms with Crippen molar-refractivity contribution in [1.29, 1.82) is 0 Å². The van der Waals surface area contributed by atoms with Gasteiger partial charge >= 0.3 is 0 Å². The van der Waals surface area contributed by atoms with Crippen molar-refractivity contribution in [3.63, 3.8) is 0 Å². The molecule has 0 N–H and O–H groups in total. The highest BCUT2D eigenvalue weighted by atomic mass is 16.3. The van der Waals surface area contributed by atoms with Gasteiger partial charge in [-0.05, 0) is 0 Å². The summed E-state index contributed by atoms with van der Waals surface area (Å²) < 4.78 is 4.93. The molecule has 0 aliphatic rings. The highest BCUT2D eigenvalue weighted by Gasteiger charge is 1.94. The van der Waals surface area contributed by atoms with Crippen molar-refractivity contribution in [2.75, 3.05) is 0 Å². The minimum absolute atomic E-state index is 0.683. The first-order valence-corrected chi connectivity index (χ1v) is 2.71. The normalized spacial score (nSPS) is 9.44. The van der Waals surface area contributed by atoms with Crippen LogP contribution in [0.5, 0.6) is 0 Å². The summed E-state index contributed by atoms with van der Waals surface area (Å²) in [6, 6.07) is 0. The maximum Gasteiger partial charge on any atom is 0.191 e. The first-order chi connectivity index (χ1) is 4.33. The summed E-state index contributed by atoms with van der Waals surface area (Å²) in [5.74, 6) is 0.683. The van der Waals surface area contributed by atoms with Crippen LogP contribution in [0.4, 0.5) is 0 Å². The van der Waals surface area contributed by atoms with E-state index in [9.17, 15) is 0 Å². The molecule has 1 aromatic heterocycles. The molecular weight excluding hydrogens is 114 g/mol. The van der Waals surface area contributed by atoms with Crippen molar-refractivity contribution in [3.8, 4) is 0 Å². The fourth-order valence-corrected chi connectivity index (χ4v) is 0.577. The lowest BCUT2D eigenvalue weighted by Crippen LogP contribution is -1.75. The van der Waals surface area contributed by atoms with Gasteiger partial charge in [0.2, 0.25) is 0 Å². The van der Waals surface area contributed by atoms with Crippen LogP contribution in [-0.4, -0.2) is 4.98 Å². The Balaban J connectivity index is 2.72.